The second-order valence-corrected chi connectivity index (χ2v) is 8.53. The molecular weight excluding hydrogens is 336 g/mol. The molecule has 3 saturated heterocycles. The largest absolute Gasteiger partial charge is 0.483 e. The molecule has 0 saturated carbocycles. The summed E-state index contributed by atoms with van der Waals surface area (Å²) >= 11 is 0. The summed E-state index contributed by atoms with van der Waals surface area (Å²) in [5.74, 6) is -2.04. The molecule has 0 aromatic rings. The highest BCUT2D eigenvalue weighted by molar-refractivity contribution is 5.99. The number of allylic oxidation sites excluding steroid dienone is 2. The van der Waals surface area contributed by atoms with Crippen LogP contribution in [0.3, 0.4) is 0 Å². The molecule has 0 radical (unpaired) electrons. The summed E-state index contributed by atoms with van der Waals surface area (Å²) in [5, 5.41) is 11.4. The highest BCUT2D eigenvalue weighted by Gasteiger charge is 2.74. The molecule has 26 heavy (non-hydrogen) atoms. The third-order valence-corrected chi connectivity index (χ3v) is 6.94. The van der Waals surface area contributed by atoms with Gasteiger partial charge in [0.2, 0.25) is 11.6 Å². The van der Waals surface area contributed by atoms with E-state index in [1.54, 1.807) is 39.8 Å². The Bertz CT molecular complexity index is 753. The Labute approximate surface area is 153 Å². The maximum atomic E-state index is 12.9. The van der Waals surface area contributed by atoms with Gasteiger partial charge in [0.05, 0.1) is 6.10 Å². The summed E-state index contributed by atoms with van der Waals surface area (Å²) in [6.45, 7) is 8.99. The van der Waals surface area contributed by atoms with E-state index >= 15 is 0 Å². The van der Waals surface area contributed by atoms with Gasteiger partial charge in [0.25, 0.3) is 0 Å². The molecule has 0 unspecified atom stereocenters. The normalized spacial score (nSPS) is 50.4. The molecular formula is C20H26O6. The zero-order valence-electron chi connectivity index (χ0n) is 15.9. The number of esters is 1. The van der Waals surface area contributed by atoms with E-state index in [-0.39, 0.29) is 30.1 Å². The van der Waals surface area contributed by atoms with Gasteiger partial charge in [0, 0.05) is 24.3 Å². The van der Waals surface area contributed by atoms with Gasteiger partial charge in [-0.3, -0.25) is 9.59 Å². The summed E-state index contributed by atoms with van der Waals surface area (Å²) in [6, 6.07) is 0. The van der Waals surface area contributed by atoms with Gasteiger partial charge in [-0.1, -0.05) is 13.0 Å². The van der Waals surface area contributed by atoms with Crippen LogP contribution in [0.2, 0.25) is 0 Å². The number of hydrogen-bond acceptors (Lipinski definition) is 6. The van der Waals surface area contributed by atoms with Crippen molar-refractivity contribution in [2.75, 3.05) is 0 Å². The molecule has 1 N–H and O–H groups in total. The Morgan fingerprint density at radius 2 is 2.00 bits per heavy atom. The first-order valence-corrected chi connectivity index (χ1v) is 9.26. The Morgan fingerprint density at radius 1 is 1.31 bits per heavy atom. The Kier molecular flexibility index (Phi) is 3.55. The van der Waals surface area contributed by atoms with Crippen LogP contribution in [0.25, 0.3) is 0 Å². The summed E-state index contributed by atoms with van der Waals surface area (Å²) in [5.41, 5.74) is -1.68. The van der Waals surface area contributed by atoms with E-state index in [4.69, 9.17) is 14.2 Å². The van der Waals surface area contributed by atoms with Crippen molar-refractivity contribution in [3.05, 3.63) is 23.5 Å². The van der Waals surface area contributed by atoms with Crippen molar-refractivity contribution in [1.29, 1.82) is 0 Å². The lowest BCUT2D eigenvalue weighted by atomic mass is 9.66. The molecule has 4 aliphatic rings. The lowest BCUT2D eigenvalue weighted by Gasteiger charge is -2.35. The minimum absolute atomic E-state index is 0.0591. The predicted molar refractivity (Wildman–Crippen MR) is 91.7 cm³/mol. The van der Waals surface area contributed by atoms with E-state index in [0.717, 1.165) is 0 Å². The van der Waals surface area contributed by atoms with Gasteiger partial charge in [-0.25, -0.2) is 0 Å². The average Bonchev–Trinajstić information content (AvgIpc) is 3.09. The molecule has 3 fully saturated rings. The zero-order chi connectivity index (χ0) is 19.1. The highest BCUT2D eigenvalue weighted by atomic mass is 16.7. The van der Waals surface area contributed by atoms with Gasteiger partial charge in [-0.15, -0.1) is 0 Å². The number of hydrogen-bond donors (Lipinski definition) is 1. The smallest absolute Gasteiger partial charge is 0.318 e. The Balaban J connectivity index is 1.85. The molecule has 4 rings (SSSR count). The van der Waals surface area contributed by atoms with E-state index in [0.29, 0.717) is 17.8 Å². The standard InChI is InChI=1S/C20H26O6/c1-6-11(3)20(23)19(5)16-13(24-17(19)22)7-10(2)12-8-15(21)18(4,25-12)9-14(16)26-20/h6,8,10,13-14,16,23H,7,9H2,1-5H3/b11-6+/t10-,13+,14-,16-,18+,19+,20+/m0/s1. The van der Waals surface area contributed by atoms with Crippen LogP contribution in [0.1, 0.15) is 47.5 Å². The lowest BCUT2D eigenvalue weighted by Crippen LogP contribution is -2.49. The van der Waals surface area contributed by atoms with Crippen molar-refractivity contribution in [2.45, 2.75) is 71.1 Å². The number of aliphatic hydroxyl groups is 1. The van der Waals surface area contributed by atoms with Crippen LogP contribution in [0, 0.1) is 17.3 Å². The number of rotatable bonds is 1. The first kappa shape index (κ1) is 17.7. The summed E-state index contributed by atoms with van der Waals surface area (Å²) in [4.78, 5) is 25.5. The minimum Gasteiger partial charge on any atom is -0.483 e. The lowest BCUT2D eigenvalue weighted by molar-refractivity contribution is -0.220. The first-order chi connectivity index (χ1) is 12.1. The van der Waals surface area contributed by atoms with Crippen LogP contribution in [0.5, 0.6) is 0 Å². The second-order valence-electron chi connectivity index (χ2n) is 8.53. The van der Waals surface area contributed by atoms with Crippen LogP contribution in [-0.2, 0) is 23.8 Å². The van der Waals surface area contributed by atoms with Crippen LogP contribution in [-0.4, -0.2) is 40.5 Å². The summed E-state index contributed by atoms with van der Waals surface area (Å²) in [7, 11) is 0. The third-order valence-electron chi connectivity index (χ3n) is 6.94. The number of ether oxygens (including phenoxy) is 3. The fourth-order valence-electron chi connectivity index (χ4n) is 5.15. The van der Waals surface area contributed by atoms with Gasteiger partial charge in [0.1, 0.15) is 17.3 Å². The molecule has 7 atom stereocenters. The minimum atomic E-state index is -1.75. The maximum Gasteiger partial charge on any atom is 0.318 e. The van der Waals surface area contributed by atoms with Gasteiger partial charge in [0.15, 0.2) is 5.60 Å². The van der Waals surface area contributed by atoms with E-state index < -0.39 is 28.9 Å². The predicted octanol–water partition coefficient (Wildman–Crippen LogP) is 2.26. The molecule has 142 valence electrons. The molecule has 4 heterocycles. The fraction of sp³-hybridized carbons (Fsp3) is 0.700. The van der Waals surface area contributed by atoms with Gasteiger partial charge in [-0.05, 0) is 39.7 Å². The number of fused-ring (bicyclic) bond motifs is 2. The SMILES string of the molecule is C/C=C(\C)[C@@]1(O)O[C@H]2C[C@@]3(C)OC(=CC3=O)[C@@H](C)C[C@H]3OC(=O)[C@@]1(C)[C@H]23. The second kappa shape index (κ2) is 5.20. The number of carbonyl (C=O) groups excluding carboxylic acids is 2. The van der Waals surface area contributed by atoms with E-state index in [1.165, 1.54) is 0 Å². The summed E-state index contributed by atoms with van der Waals surface area (Å²) < 4.78 is 17.9. The van der Waals surface area contributed by atoms with Crippen LogP contribution < -0.4 is 0 Å². The maximum absolute atomic E-state index is 12.9. The van der Waals surface area contributed by atoms with Crippen LogP contribution >= 0.6 is 0 Å². The van der Waals surface area contributed by atoms with Gasteiger partial charge < -0.3 is 19.3 Å². The molecule has 6 nitrogen and oxygen atoms in total. The molecule has 0 aromatic heterocycles. The van der Waals surface area contributed by atoms with Crippen molar-refractivity contribution in [3.8, 4) is 0 Å². The monoisotopic (exact) mass is 362 g/mol. The molecule has 6 heteroatoms. The molecule has 0 aromatic carbocycles. The number of ketones is 1. The van der Waals surface area contributed by atoms with Crippen molar-refractivity contribution >= 4 is 11.8 Å². The Hall–Kier alpha value is -1.66. The van der Waals surface area contributed by atoms with Crippen LogP contribution in [0.15, 0.2) is 23.5 Å². The van der Waals surface area contributed by atoms with Crippen molar-refractivity contribution < 1.29 is 28.9 Å². The van der Waals surface area contributed by atoms with Gasteiger partial charge >= 0.3 is 5.97 Å². The molecule has 0 aliphatic carbocycles. The van der Waals surface area contributed by atoms with Gasteiger partial charge in [-0.2, -0.15) is 0 Å². The molecule has 0 amide bonds. The molecule has 4 aliphatic heterocycles. The fourth-order valence-corrected chi connectivity index (χ4v) is 5.15. The zero-order valence-corrected chi connectivity index (χ0v) is 15.9. The van der Waals surface area contributed by atoms with E-state index in [2.05, 4.69) is 0 Å². The van der Waals surface area contributed by atoms with E-state index in [1.807, 2.05) is 6.92 Å². The third kappa shape index (κ3) is 1.94. The summed E-state index contributed by atoms with van der Waals surface area (Å²) in [6.07, 6.45) is 3.20. The van der Waals surface area contributed by atoms with E-state index in [9.17, 15) is 14.7 Å². The molecule has 2 bridgehead atoms. The van der Waals surface area contributed by atoms with Crippen molar-refractivity contribution in [3.63, 3.8) is 0 Å². The highest BCUT2D eigenvalue weighted by Crippen LogP contribution is 2.61. The molecule has 0 spiro atoms. The van der Waals surface area contributed by atoms with Crippen molar-refractivity contribution in [1.82, 2.24) is 0 Å². The average molecular weight is 362 g/mol. The number of carbonyl (C=O) groups is 2. The first-order valence-electron chi connectivity index (χ1n) is 9.26. The van der Waals surface area contributed by atoms with Crippen molar-refractivity contribution in [2.24, 2.45) is 17.3 Å². The quantitative estimate of drug-likeness (QED) is 0.569. The topological polar surface area (TPSA) is 82.1 Å². The Morgan fingerprint density at radius 3 is 2.65 bits per heavy atom. The van der Waals surface area contributed by atoms with Crippen LogP contribution in [0.4, 0.5) is 0 Å².